The summed E-state index contributed by atoms with van der Waals surface area (Å²) in [6.45, 7) is 3.24. The molecule has 0 aliphatic heterocycles. The van der Waals surface area contributed by atoms with Gasteiger partial charge in [-0.2, -0.15) is 18.3 Å². The molecule has 29 heavy (non-hydrogen) atoms. The summed E-state index contributed by atoms with van der Waals surface area (Å²) < 4.78 is 44.8. The fraction of sp³-hybridized carbons (Fsp3) is 0.316. The number of hydrogen-bond donors (Lipinski definition) is 2. The van der Waals surface area contributed by atoms with E-state index in [0.29, 0.717) is 23.2 Å². The molecule has 2 N–H and O–H groups in total. The number of ether oxygens (including phenoxy) is 1. The molecule has 7 nitrogen and oxygen atoms in total. The predicted octanol–water partition coefficient (Wildman–Crippen LogP) is 3.24. The molecule has 3 rings (SSSR count). The van der Waals surface area contributed by atoms with E-state index in [1.165, 1.54) is 32.2 Å². The van der Waals surface area contributed by atoms with Crippen molar-refractivity contribution in [1.29, 1.82) is 0 Å². The summed E-state index contributed by atoms with van der Waals surface area (Å²) in [4.78, 5) is 16.1. The molecule has 2 heterocycles. The van der Waals surface area contributed by atoms with Crippen LogP contribution in [-0.2, 0) is 17.5 Å². The summed E-state index contributed by atoms with van der Waals surface area (Å²) in [5.74, 6) is -0.0186. The third-order valence-corrected chi connectivity index (χ3v) is 4.04. The molecule has 1 amide bonds. The number of anilines is 1. The predicted molar refractivity (Wildman–Crippen MR) is 99.4 cm³/mol. The highest BCUT2D eigenvalue weighted by Gasteiger charge is 2.30. The first-order chi connectivity index (χ1) is 13.5. The van der Waals surface area contributed by atoms with Crippen LogP contribution < -0.4 is 10.1 Å². The van der Waals surface area contributed by atoms with Gasteiger partial charge in [-0.1, -0.05) is 0 Å². The highest BCUT2D eigenvalue weighted by atomic mass is 19.4. The van der Waals surface area contributed by atoms with Gasteiger partial charge in [0, 0.05) is 12.4 Å². The van der Waals surface area contributed by atoms with Crippen LogP contribution in [0.15, 0.2) is 42.7 Å². The lowest BCUT2D eigenvalue weighted by Crippen LogP contribution is -2.36. The molecular formula is C19H19F3N4O3. The van der Waals surface area contributed by atoms with Crippen LogP contribution in [-0.4, -0.2) is 38.0 Å². The quantitative estimate of drug-likeness (QED) is 0.654. The average molecular weight is 408 g/mol. The summed E-state index contributed by atoms with van der Waals surface area (Å²) in [5, 5.41) is 17.3. The van der Waals surface area contributed by atoms with Gasteiger partial charge in [-0.3, -0.25) is 9.48 Å². The third-order valence-electron chi connectivity index (χ3n) is 4.04. The summed E-state index contributed by atoms with van der Waals surface area (Å²) >= 11 is 0. The van der Waals surface area contributed by atoms with E-state index in [2.05, 4.69) is 15.4 Å². The van der Waals surface area contributed by atoms with Crippen LogP contribution in [0.4, 0.5) is 19.0 Å². The number of nitrogens with zero attached hydrogens (tertiary/aromatic N) is 3. The highest BCUT2D eigenvalue weighted by molar-refractivity contribution is 6.02. The van der Waals surface area contributed by atoms with E-state index in [1.54, 1.807) is 16.9 Å². The normalized spacial score (nSPS) is 12.2. The molecule has 3 aromatic rings. The second kappa shape index (κ2) is 7.70. The summed E-state index contributed by atoms with van der Waals surface area (Å²) in [6, 6.07) is 6.11. The van der Waals surface area contributed by atoms with Gasteiger partial charge in [0.05, 0.1) is 23.0 Å². The van der Waals surface area contributed by atoms with Gasteiger partial charge in [0.1, 0.15) is 23.8 Å². The number of hydrogen-bond acceptors (Lipinski definition) is 5. The molecule has 0 bridgehead atoms. The van der Waals surface area contributed by atoms with Crippen molar-refractivity contribution in [3.05, 3.63) is 48.3 Å². The van der Waals surface area contributed by atoms with Crippen molar-refractivity contribution in [2.75, 3.05) is 11.9 Å². The Morgan fingerprint density at radius 1 is 1.21 bits per heavy atom. The molecule has 0 unspecified atom stereocenters. The lowest BCUT2D eigenvalue weighted by atomic mass is 10.1. The highest BCUT2D eigenvalue weighted by Crippen LogP contribution is 2.30. The molecule has 1 aromatic carbocycles. The Bertz CT molecular complexity index is 1010. The Kier molecular flexibility index (Phi) is 5.47. The Labute approximate surface area is 164 Å². The number of alkyl halides is 3. The molecule has 0 saturated carbocycles. The van der Waals surface area contributed by atoms with Gasteiger partial charge in [0.15, 0.2) is 0 Å². The molecule has 0 aliphatic carbocycles. The number of carbonyl (C=O) groups is 1. The van der Waals surface area contributed by atoms with E-state index in [-0.39, 0.29) is 12.4 Å². The number of aromatic nitrogens is 3. The Morgan fingerprint density at radius 2 is 1.90 bits per heavy atom. The molecular weight excluding hydrogens is 389 g/mol. The van der Waals surface area contributed by atoms with Crippen LogP contribution in [0.25, 0.3) is 10.9 Å². The van der Waals surface area contributed by atoms with Gasteiger partial charge in [-0.15, -0.1) is 0 Å². The van der Waals surface area contributed by atoms with Gasteiger partial charge in [0.2, 0.25) is 0 Å². The number of halogens is 3. The minimum Gasteiger partial charge on any atom is -0.492 e. The monoisotopic (exact) mass is 408 g/mol. The lowest BCUT2D eigenvalue weighted by Gasteiger charge is -2.16. The minimum atomic E-state index is -4.39. The van der Waals surface area contributed by atoms with Crippen molar-refractivity contribution in [3.8, 4) is 5.75 Å². The SMILES string of the molecule is CC(C)(O)C(=O)Nc1nccc2nn(CCOc3ccc(C(F)(F)F)cc3)cc12. The summed E-state index contributed by atoms with van der Waals surface area (Å²) in [7, 11) is 0. The fourth-order valence-corrected chi connectivity index (χ4v) is 2.47. The van der Waals surface area contributed by atoms with Crippen LogP contribution in [0.5, 0.6) is 5.75 Å². The number of nitrogens with one attached hydrogen (secondary N) is 1. The molecule has 0 aliphatic rings. The first-order valence-electron chi connectivity index (χ1n) is 8.70. The lowest BCUT2D eigenvalue weighted by molar-refractivity contribution is -0.137. The maximum atomic E-state index is 12.6. The Morgan fingerprint density at radius 3 is 2.52 bits per heavy atom. The van der Waals surface area contributed by atoms with Crippen LogP contribution in [0.2, 0.25) is 0 Å². The number of benzene rings is 1. The number of aliphatic hydroxyl groups is 1. The number of rotatable bonds is 6. The molecule has 0 fully saturated rings. The number of carbonyl (C=O) groups excluding carboxylic acids is 1. The zero-order chi connectivity index (χ0) is 21.2. The maximum absolute atomic E-state index is 12.6. The fourth-order valence-electron chi connectivity index (χ4n) is 2.47. The first-order valence-corrected chi connectivity index (χ1v) is 8.70. The van der Waals surface area contributed by atoms with Crippen molar-refractivity contribution in [2.45, 2.75) is 32.2 Å². The van der Waals surface area contributed by atoms with Crippen molar-refractivity contribution in [3.63, 3.8) is 0 Å². The van der Waals surface area contributed by atoms with Crippen LogP contribution in [0.3, 0.4) is 0 Å². The van der Waals surface area contributed by atoms with E-state index in [1.807, 2.05) is 0 Å². The first kappa shape index (κ1) is 20.6. The standard InChI is InChI=1S/C19H19F3N4O3/c1-18(2,28)17(27)24-16-14-11-26(25-15(14)7-8-23-16)9-10-29-13-5-3-12(4-6-13)19(20,21)22/h3-8,11,28H,9-10H2,1-2H3,(H,23,24,27). The zero-order valence-corrected chi connectivity index (χ0v) is 15.7. The van der Waals surface area contributed by atoms with Crippen molar-refractivity contribution >= 4 is 22.6 Å². The molecule has 0 spiro atoms. The van der Waals surface area contributed by atoms with E-state index in [9.17, 15) is 23.1 Å². The largest absolute Gasteiger partial charge is 0.492 e. The topological polar surface area (TPSA) is 89.3 Å². The molecule has 2 aromatic heterocycles. The Balaban J connectivity index is 1.65. The molecule has 0 atom stereocenters. The average Bonchev–Trinajstić information content (AvgIpc) is 3.04. The molecule has 154 valence electrons. The van der Waals surface area contributed by atoms with Gasteiger partial charge < -0.3 is 15.2 Å². The van der Waals surface area contributed by atoms with Crippen LogP contribution >= 0.6 is 0 Å². The summed E-state index contributed by atoms with van der Waals surface area (Å²) in [6.07, 6.45) is -1.24. The van der Waals surface area contributed by atoms with Gasteiger partial charge in [-0.25, -0.2) is 4.98 Å². The van der Waals surface area contributed by atoms with Crippen molar-refractivity contribution in [2.24, 2.45) is 0 Å². The molecule has 0 saturated heterocycles. The smallest absolute Gasteiger partial charge is 0.416 e. The second-order valence-corrected chi connectivity index (χ2v) is 6.87. The number of pyridine rings is 1. The van der Waals surface area contributed by atoms with E-state index < -0.39 is 23.2 Å². The summed E-state index contributed by atoms with van der Waals surface area (Å²) in [5.41, 5.74) is -1.72. The van der Waals surface area contributed by atoms with Crippen molar-refractivity contribution < 1.29 is 27.8 Å². The van der Waals surface area contributed by atoms with Crippen LogP contribution in [0, 0.1) is 0 Å². The minimum absolute atomic E-state index is 0.179. The second-order valence-electron chi connectivity index (χ2n) is 6.87. The van der Waals surface area contributed by atoms with Crippen molar-refractivity contribution in [1.82, 2.24) is 14.8 Å². The van der Waals surface area contributed by atoms with E-state index >= 15 is 0 Å². The Hall–Kier alpha value is -3.14. The van der Waals surface area contributed by atoms with E-state index in [0.717, 1.165) is 12.1 Å². The van der Waals surface area contributed by atoms with Gasteiger partial charge in [0.25, 0.3) is 5.91 Å². The third kappa shape index (κ3) is 5.02. The molecule has 10 heteroatoms. The maximum Gasteiger partial charge on any atom is 0.416 e. The van der Waals surface area contributed by atoms with Crippen LogP contribution in [0.1, 0.15) is 19.4 Å². The number of fused-ring (bicyclic) bond motifs is 1. The van der Waals surface area contributed by atoms with E-state index in [4.69, 9.17) is 4.74 Å². The van der Waals surface area contributed by atoms with Gasteiger partial charge >= 0.3 is 6.18 Å². The van der Waals surface area contributed by atoms with Gasteiger partial charge in [-0.05, 0) is 44.2 Å². The zero-order valence-electron chi connectivity index (χ0n) is 15.7. The molecule has 0 radical (unpaired) electrons. The number of amides is 1.